The fraction of sp³-hybridized carbons (Fsp3) is 0.667. The van der Waals surface area contributed by atoms with E-state index in [1.54, 1.807) is 0 Å². The number of hydrogen-bond donors (Lipinski definition) is 1. The Hall–Kier alpha value is -1.06. The van der Waals surface area contributed by atoms with Crippen LogP contribution in [0.25, 0.3) is 0 Å². The first-order chi connectivity index (χ1) is 10.3. The molecule has 0 aromatic heterocycles. The molecule has 0 aliphatic carbocycles. The van der Waals surface area contributed by atoms with Gasteiger partial charge >= 0.3 is 0 Å². The van der Waals surface area contributed by atoms with Crippen molar-refractivity contribution >= 4 is 0 Å². The van der Waals surface area contributed by atoms with E-state index < -0.39 is 0 Å². The first kappa shape index (κ1) is 13.6. The normalized spacial score (nSPS) is 33.9. The number of para-hydroxylation sites is 1. The largest absolute Gasteiger partial charge is 0.485 e. The highest BCUT2D eigenvalue weighted by Gasteiger charge is 2.44. The summed E-state index contributed by atoms with van der Waals surface area (Å²) in [5.74, 6) is 2.01. The smallest absolute Gasteiger partial charge is 0.125 e. The average Bonchev–Trinajstić information content (AvgIpc) is 2.95. The maximum atomic E-state index is 6.43. The van der Waals surface area contributed by atoms with Gasteiger partial charge in [-0.3, -0.25) is 4.90 Å². The van der Waals surface area contributed by atoms with Gasteiger partial charge in [0.05, 0.1) is 0 Å². The predicted octanol–water partition coefficient (Wildman–Crippen LogP) is 2.97. The zero-order valence-electron chi connectivity index (χ0n) is 13.0. The second kappa shape index (κ2) is 5.29. The molecule has 3 heteroatoms. The Morgan fingerprint density at radius 2 is 2.05 bits per heavy atom. The zero-order valence-corrected chi connectivity index (χ0v) is 13.0. The number of nitrogens with one attached hydrogen (secondary N) is 1. The van der Waals surface area contributed by atoms with Gasteiger partial charge in [-0.2, -0.15) is 0 Å². The summed E-state index contributed by atoms with van der Waals surface area (Å²) in [6.45, 7) is 6.96. The molecule has 1 aromatic carbocycles. The Morgan fingerprint density at radius 1 is 1.24 bits per heavy atom. The molecule has 1 aromatic rings. The van der Waals surface area contributed by atoms with Gasteiger partial charge in [-0.1, -0.05) is 25.1 Å². The molecule has 1 N–H and O–H groups in total. The van der Waals surface area contributed by atoms with Crippen LogP contribution in [0.4, 0.5) is 0 Å². The van der Waals surface area contributed by atoms with Crippen LogP contribution in [0.5, 0.6) is 5.75 Å². The van der Waals surface area contributed by atoms with Gasteiger partial charge in [-0.05, 0) is 44.5 Å². The lowest BCUT2D eigenvalue weighted by atomic mass is 9.84. The molecule has 3 aliphatic heterocycles. The van der Waals surface area contributed by atoms with Crippen LogP contribution in [0.1, 0.15) is 44.2 Å². The van der Waals surface area contributed by atoms with Crippen molar-refractivity contribution in [1.29, 1.82) is 0 Å². The Bertz CT molecular complexity index is 502. The number of benzene rings is 1. The predicted molar refractivity (Wildman–Crippen MR) is 84.6 cm³/mol. The molecule has 0 amide bonds. The van der Waals surface area contributed by atoms with E-state index in [9.17, 15) is 0 Å². The molecular weight excluding hydrogens is 260 g/mol. The monoisotopic (exact) mass is 286 g/mol. The minimum absolute atomic E-state index is 0.0298. The molecule has 114 valence electrons. The molecule has 3 nitrogen and oxygen atoms in total. The topological polar surface area (TPSA) is 24.5 Å². The van der Waals surface area contributed by atoms with Gasteiger partial charge in [0.2, 0.25) is 0 Å². The lowest BCUT2D eigenvalue weighted by Crippen LogP contribution is -2.48. The quantitative estimate of drug-likeness (QED) is 0.859. The van der Waals surface area contributed by atoms with Crippen molar-refractivity contribution in [3.8, 4) is 5.75 Å². The van der Waals surface area contributed by atoms with Crippen LogP contribution in [0, 0.1) is 5.92 Å². The van der Waals surface area contributed by atoms with E-state index in [-0.39, 0.29) is 5.60 Å². The van der Waals surface area contributed by atoms with Crippen molar-refractivity contribution in [1.82, 2.24) is 10.2 Å². The Balaban J connectivity index is 1.65. The molecule has 4 rings (SSSR count). The van der Waals surface area contributed by atoms with Crippen LogP contribution >= 0.6 is 0 Å². The molecule has 0 saturated carbocycles. The molecule has 3 heterocycles. The molecule has 1 spiro atoms. The van der Waals surface area contributed by atoms with Crippen molar-refractivity contribution in [3.05, 3.63) is 29.8 Å². The van der Waals surface area contributed by atoms with Gasteiger partial charge in [-0.25, -0.2) is 0 Å². The van der Waals surface area contributed by atoms with Gasteiger partial charge in [0, 0.05) is 31.0 Å². The Kier molecular flexibility index (Phi) is 3.43. The first-order valence-electron chi connectivity index (χ1n) is 8.48. The summed E-state index contributed by atoms with van der Waals surface area (Å²) in [6, 6.07) is 9.24. The number of ether oxygens (including phenoxy) is 1. The van der Waals surface area contributed by atoms with E-state index in [0.717, 1.165) is 37.6 Å². The summed E-state index contributed by atoms with van der Waals surface area (Å²) in [5.41, 5.74) is 1.44. The van der Waals surface area contributed by atoms with Crippen molar-refractivity contribution in [2.24, 2.45) is 5.92 Å². The summed E-state index contributed by atoms with van der Waals surface area (Å²) in [5, 5.41) is 3.50. The first-order valence-corrected chi connectivity index (χ1v) is 8.48. The molecule has 2 fully saturated rings. The molecule has 2 atom stereocenters. The lowest BCUT2D eigenvalue weighted by molar-refractivity contribution is 0.00791. The van der Waals surface area contributed by atoms with Crippen LogP contribution in [0.15, 0.2) is 24.3 Å². The molecule has 0 bridgehead atoms. The number of likely N-dealkylation sites (tertiary alicyclic amines) is 1. The second-order valence-electron chi connectivity index (χ2n) is 7.19. The minimum atomic E-state index is 0.0298. The number of piperidine rings is 1. The highest BCUT2D eigenvalue weighted by molar-refractivity contribution is 5.39. The van der Waals surface area contributed by atoms with E-state index >= 15 is 0 Å². The standard InChI is InChI=1S/C18H26N2O/c1-14-6-10-20(11-7-14)16-12-18(8-9-19-13-18)21-17-5-3-2-4-15(16)17/h2-5,14,16,19H,6-13H2,1H3. The molecule has 0 radical (unpaired) electrons. The number of fused-ring (bicyclic) bond motifs is 1. The maximum Gasteiger partial charge on any atom is 0.125 e. The number of rotatable bonds is 1. The van der Waals surface area contributed by atoms with Crippen molar-refractivity contribution in [2.45, 2.75) is 44.2 Å². The minimum Gasteiger partial charge on any atom is -0.485 e. The third kappa shape index (κ3) is 2.47. The van der Waals surface area contributed by atoms with Crippen molar-refractivity contribution < 1.29 is 4.74 Å². The van der Waals surface area contributed by atoms with E-state index in [0.29, 0.717) is 6.04 Å². The SMILES string of the molecule is CC1CCN(C2CC3(CCNC3)Oc3ccccc32)CC1. The van der Waals surface area contributed by atoms with Gasteiger partial charge < -0.3 is 10.1 Å². The van der Waals surface area contributed by atoms with Crippen LogP contribution in [0.2, 0.25) is 0 Å². The highest BCUT2D eigenvalue weighted by Crippen LogP contribution is 2.45. The van der Waals surface area contributed by atoms with Crippen molar-refractivity contribution in [2.75, 3.05) is 26.2 Å². The summed E-state index contributed by atoms with van der Waals surface area (Å²) in [6.07, 6.45) is 4.96. The van der Waals surface area contributed by atoms with Crippen molar-refractivity contribution in [3.63, 3.8) is 0 Å². The summed E-state index contributed by atoms with van der Waals surface area (Å²) in [7, 11) is 0. The van der Waals surface area contributed by atoms with E-state index in [1.807, 2.05) is 0 Å². The maximum absolute atomic E-state index is 6.43. The molecule has 21 heavy (non-hydrogen) atoms. The van der Waals surface area contributed by atoms with Gasteiger partial charge in [0.25, 0.3) is 0 Å². The molecule has 3 aliphatic rings. The molecule has 2 unspecified atom stereocenters. The Morgan fingerprint density at radius 3 is 2.81 bits per heavy atom. The van der Waals surface area contributed by atoms with Crippen LogP contribution < -0.4 is 10.1 Å². The van der Waals surface area contributed by atoms with E-state index in [1.165, 1.54) is 31.5 Å². The van der Waals surface area contributed by atoms with E-state index in [2.05, 4.69) is 41.4 Å². The van der Waals surface area contributed by atoms with Gasteiger partial charge in [0.1, 0.15) is 11.4 Å². The third-order valence-electron chi connectivity index (χ3n) is 5.63. The summed E-state index contributed by atoms with van der Waals surface area (Å²) >= 11 is 0. The fourth-order valence-electron chi connectivity index (χ4n) is 4.23. The molecular formula is C18H26N2O. The third-order valence-corrected chi connectivity index (χ3v) is 5.63. The van der Waals surface area contributed by atoms with Crippen LogP contribution in [-0.2, 0) is 0 Å². The van der Waals surface area contributed by atoms with E-state index in [4.69, 9.17) is 4.74 Å². The van der Waals surface area contributed by atoms with Gasteiger partial charge in [-0.15, -0.1) is 0 Å². The zero-order chi connectivity index (χ0) is 14.3. The highest BCUT2D eigenvalue weighted by atomic mass is 16.5. The second-order valence-corrected chi connectivity index (χ2v) is 7.19. The number of nitrogens with zero attached hydrogens (tertiary/aromatic N) is 1. The fourth-order valence-corrected chi connectivity index (χ4v) is 4.23. The number of hydrogen-bond acceptors (Lipinski definition) is 3. The Labute approximate surface area is 127 Å². The molecule has 2 saturated heterocycles. The van der Waals surface area contributed by atoms with Gasteiger partial charge in [0.15, 0.2) is 0 Å². The average molecular weight is 286 g/mol. The lowest BCUT2D eigenvalue weighted by Gasteiger charge is -2.45. The van der Waals surface area contributed by atoms with Crippen LogP contribution in [0.3, 0.4) is 0 Å². The van der Waals surface area contributed by atoms with Crippen LogP contribution in [-0.4, -0.2) is 36.7 Å². The summed E-state index contributed by atoms with van der Waals surface area (Å²) in [4.78, 5) is 2.71. The summed E-state index contributed by atoms with van der Waals surface area (Å²) < 4.78 is 6.43.